The van der Waals surface area contributed by atoms with Gasteiger partial charge in [0.05, 0.1) is 23.8 Å². The number of alkyl halides is 3. The minimum atomic E-state index is -4.53. The van der Waals surface area contributed by atoms with Crippen LogP contribution in [-0.4, -0.2) is 43.3 Å². The second-order valence-electron chi connectivity index (χ2n) is 8.82. The van der Waals surface area contributed by atoms with Gasteiger partial charge in [0, 0.05) is 17.0 Å². The van der Waals surface area contributed by atoms with Gasteiger partial charge in [0.1, 0.15) is 5.75 Å². The number of likely N-dealkylation sites (N-methyl/N-ethyl adjacent to an activating group) is 1. The van der Waals surface area contributed by atoms with Crippen molar-refractivity contribution in [3.8, 4) is 5.75 Å². The fourth-order valence-electron chi connectivity index (χ4n) is 4.15. The van der Waals surface area contributed by atoms with Gasteiger partial charge in [-0.15, -0.1) is 11.8 Å². The van der Waals surface area contributed by atoms with E-state index < -0.39 is 23.2 Å². The highest BCUT2D eigenvalue weighted by Crippen LogP contribution is 2.41. The Bertz CT molecular complexity index is 954. The summed E-state index contributed by atoms with van der Waals surface area (Å²) < 4.78 is 45.3. The predicted molar refractivity (Wildman–Crippen MR) is 121 cm³/mol. The highest BCUT2D eigenvalue weighted by molar-refractivity contribution is 7.98. The molecule has 0 aromatic heterocycles. The maximum Gasteiger partial charge on any atom is 0.416 e. The third kappa shape index (κ3) is 4.76. The molecule has 32 heavy (non-hydrogen) atoms. The maximum absolute atomic E-state index is 13.6. The lowest BCUT2D eigenvalue weighted by atomic mass is 9.76. The van der Waals surface area contributed by atoms with Crippen molar-refractivity contribution in [1.29, 1.82) is 0 Å². The monoisotopic (exact) mass is 466 g/mol. The van der Waals surface area contributed by atoms with E-state index in [1.54, 1.807) is 6.26 Å². The molecule has 1 N–H and O–H groups in total. The standard InChI is InChI=1S/C24H29F3N2O2S/c1-22(2)11-12-23(15-29(22)3,16-9-7-6-8-10-16)28-21(30)20-18(31-4)13-17(24(25,26)27)14-19(20)32-5/h6-10,13-14H,11-12,15H2,1-5H3,(H,28,30). The van der Waals surface area contributed by atoms with Gasteiger partial charge in [-0.05, 0) is 57.7 Å². The van der Waals surface area contributed by atoms with E-state index in [9.17, 15) is 18.0 Å². The average molecular weight is 467 g/mol. The van der Waals surface area contributed by atoms with Gasteiger partial charge in [-0.25, -0.2) is 0 Å². The first-order valence-electron chi connectivity index (χ1n) is 10.4. The second kappa shape index (κ2) is 8.98. The number of amides is 1. The lowest BCUT2D eigenvalue weighted by Gasteiger charge is -2.50. The Morgan fingerprint density at radius 2 is 1.81 bits per heavy atom. The average Bonchev–Trinajstić information content (AvgIpc) is 2.75. The Morgan fingerprint density at radius 1 is 1.16 bits per heavy atom. The van der Waals surface area contributed by atoms with Crippen LogP contribution in [0.2, 0.25) is 0 Å². The molecule has 1 unspecified atom stereocenters. The van der Waals surface area contributed by atoms with Crippen molar-refractivity contribution in [2.45, 2.75) is 48.8 Å². The molecule has 1 atom stereocenters. The number of nitrogens with zero attached hydrogens (tertiary/aromatic N) is 1. The molecule has 2 aromatic rings. The number of likely N-dealkylation sites (tertiary alicyclic amines) is 1. The summed E-state index contributed by atoms with van der Waals surface area (Å²) in [6.07, 6.45) is -1.33. The summed E-state index contributed by atoms with van der Waals surface area (Å²) in [4.78, 5) is 16.0. The molecule has 1 aliphatic rings. The Morgan fingerprint density at radius 3 is 2.34 bits per heavy atom. The molecule has 1 fully saturated rings. The molecule has 1 saturated heterocycles. The smallest absolute Gasteiger partial charge is 0.416 e. The molecule has 4 nitrogen and oxygen atoms in total. The third-order valence-electron chi connectivity index (χ3n) is 6.44. The molecular weight excluding hydrogens is 437 g/mol. The van der Waals surface area contributed by atoms with Crippen LogP contribution in [0.1, 0.15) is 48.2 Å². The van der Waals surface area contributed by atoms with Crippen LogP contribution in [0.3, 0.4) is 0 Å². The fourth-order valence-corrected chi connectivity index (χ4v) is 4.80. The van der Waals surface area contributed by atoms with E-state index in [1.807, 2.05) is 37.4 Å². The second-order valence-corrected chi connectivity index (χ2v) is 9.67. The van der Waals surface area contributed by atoms with Crippen molar-refractivity contribution in [3.05, 3.63) is 59.2 Å². The molecule has 8 heteroatoms. The van der Waals surface area contributed by atoms with Crippen molar-refractivity contribution in [3.63, 3.8) is 0 Å². The Hall–Kier alpha value is -2.19. The lowest BCUT2D eigenvalue weighted by molar-refractivity contribution is -0.137. The predicted octanol–water partition coefficient (Wildman–Crippen LogP) is 5.57. The zero-order valence-corrected chi connectivity index (χ0v) is 19.8. The molecule has 0 saturated carbocycles. The van der Waals surface area contributed by atoms with Gasteiger partial charge in [0.2, 0.25) is 0 Å². The van der Waals surface area contributed by atoms with E-state index in [-0.39, 0.29) is 21.7 Å². The van der Waals surface area contributed by atoms with Gasteiger partial charge in [0.25, 0.3) is 5.91 Å². The van der Waals surface area contributed by atoms with E-state index in [0.29, 0.717) is 13.0 Å². The summed E-state index contributed by atoms with van der Waals surface area (Å²) in [6, 6.07) is 11.6. The number of methoxy groups -OCH3 is 1. The number of benzene rings is 2. The van der Waals surface area contributed by atoms with E-state index in [0.717, 1.165) is 35.9 Å². The largest absolute Gasteiger partial charge is 0.496 e. The van der Waals surface area contributed by atoms with Crippen molar-refractivity contribution in [2.75, 3.05) is 27.0 Å². The summed E-state index contributed by atoms with van der Waals surface area (Å²) in [6.45, 7) is 4.90. The zero-order valence-electron chi connectivity index (χ0n) is 19.0. The summed E-state index contributed by atoms with van der Waals surface area (Å²) >= 11 is 1.09. The fraction of sp³-hybridized carbons (Fsp3) is 0.458. The van der Waals surface area contributed by atoms with Crippen molar-refractivity contribution < 1.29 is 22.7 Å². The Kier molecular flexibility index (Phi) is 6.86. The van der Waals surface area contributed by atoms with Crippen LogP contribution in [0, 0.1) is 0 Å². The Labute approximate surface area is 191 Å². The van der Waals surface area contributed by atoms with Crippen molar-refractivity contribution in [1.82, 2.24) is 10.2 Å². The lowest BCUT2D eigenvalue weighted by Crippen LogP contribution is -2.61. The topological polar surface area (TPSA) is 41.6 Å². The van der Waals surface area contributed by atoms with E-state index in [2.05, 4.69) is 24.1 Å². The van der Waals surface area contributed by atoms with E-state index in [1.165, 1.54) is 7.11 Å². The third-order valence-corrected chi connectivity index (χ3v) is 7.21. The molecule has 1 heterocycles. The summed E-state index contributed by atoms with van der Waals surface area (Å²) in [7, 11) is 3.30. The summed E-state index contributed by atoms with van der Waals surface area (Å²) in [5, 5.41) is 3.19. The van der Waals surface area contributed by atoms with Gasteiger partial charge in [-0.2, -0.15) is 13.2 Å². The van der Waals surface area contributed by atoms with E-state index >= 15 is 0 Å². The summed E-state index contributed by atoms with van der Waals surface area (Å²) in [5.74, 6) is -0.536. The Balaban J connectivity index is 2.06. The maximum atomic E-state index is 13.6. The minimum Gasteiger partial charge on any atom is -0.496 e. The molecule has 1 aliphatic heterocycles. The highest BCUT2D eigenvalue weighted by atomic mass is 32.2. The zero-order chi connectivity index (χ0) is 23.7. The van der Waals surface area contributed by atoms with Gasteiger partial charge < -0.3 is 10.1 Å². The minimum absolute atomic E-state index is 0.0283. The van der Waals surface area contributed by atoms with Crippen LogP contribution in [0.25, 0.3) is 0 Å². The number of hydrogen-bond donors (Lipinski definition) is 1. The number of carbonyl (C=O) groups is 1. The normalized spacial score (nSPS) is 21.2. The first-order valence-corrected chi connectivity index (χ1v) is 11.6. The van der Waals surface area contributed by atoms with Crippen LogP contribution in [-0.2, 0) is 11.7 Å². The number of piperidine rings is 1. The van der Waals surface area contributed by atoms with Crippen molar-refractivity contribution >= 4 is 17.7 Å². The molecule has 0 radical (unpaired) electrons. The van der Waals surface area contributed by atoms with Crippen LogP contribution >= 0.6 is 11.8 Å². The quantitative estimate of drug-likeness (QED) is 0.586. The number of thioether (sulfide) groups is 1. The number of hydrogen-bond acceptors (Lipinski definition) is 4. The number of halogens is 3. The SMILES string of the molecule is COc1cc(C(F)(F)F)cc(SC)c1C(=O)NC1(c2ccccc2)CCC(C)(C)N(C)C1. The number of rotatable bonds is 5. The molecule has 0 bridgehead atoms. The summed E-state index contributed by atoms with van der Waals surface area (Å²) in [5.41, 5.74) is -0.457. The van der Waals surface area contributed by atoms with Gasteiger partial charge >= 0.3 is 6.18 Å². The molecular formula is C24H29F3N2O2S. The molecule has 3 rings (SSSR count). The molecule has 1 amide bonds. The van der Waals surface area contributed by atoms with Crippen LogP contribution in [0.4, 0.5) is 13.2 Å². The van der Waals surface area contributed by atoms with Crippen LogP contribution < -0.4 is 10.1 Å². The molecule has 2 aromatic carbocycles. The number of nitrogens with one attached hydrogen (secondary N) is 1. The molecule has 174 valence electrons. The number of carbonyl (C=O) groups excluding carboxylic acids is 1. The molecule has 0 spiro atoms. The van der Waals surface area contributed by atoms with Crippen molar-refractivity contribution in [2.24, 2.45) is 0 Å². The van der Waals surface area contributed by atoms with Gasteiger partial charge in [-0.3, -0.25) is 9.69 Å². The first-order chi connectivity index (χ1) is 14.9. The highest BCUT2D eigenvalue weighted by Gasteiger charge is 2.44. The number of ether oxygens (including phenoxy) is 1. The first kappa shape index (κ1) is 24.5. The van der Waals surface area contributed by atoms with Gasteiger partial charge in [-0.1, -0.05) is 30.3 Å². The van der Waals surface area contributed by atoms with Crippen LogP contribution in [0.15, 0.2) is 47.4 Å². The molecule has 0 aliphatic carbocycles. The van der Waals surface area contributed by atoms with Gasteiger partial charge in [0.15, 0.2) is 0 Å². The van der Waals surface area contributed by atoms with Crippen LogP contribution in [0.5, 0.6) is 5.75 Å². The van der Waals surface area contributed by atoms with E-state index in [4.69, 9.17) is 4.74 Å².